The lowest BCUT2D eigenvalue weighted by atomic mass is 10.3. The van der Waals surface area contributed by atoms with Crippen molar-refractivity contribution < 1.29 is 32.4 Å². The first kappa shape index (κ1) is 18.0. The number of rotatable bonds is 6. The third kappa shape index (κ3) is 6.01. The number of benzene rings is 2. The van der Waals surface area contributed by atoms with Crippen LogP contribution in [0.25, 0.3) is 0 Å². The molecule has 0 saturated heterocycles. The maximum absolute atomic E-state index is 12.2. The highest BCUT2D eigenvalue weighted by atomic mass is 19.4. The van der Waals surface area contributed by atoms with Crippen LogP contribution in [-0.2, 0) is 4.79 Å². The summed E-state index contributed by atoms with van der Waals surface area (Å²) in [6, 6.07) is 9.84. The van der Waals surface area contributed by atoms with Crippen LogP contribution in [0.5, 0.6) is 11.5 Å². The lowest BCUT2D eigenvalue weighted by molar-refractivity contribution is -0.384. The monoisotopic (exact) mass is 356 g/mol. The normalized spacial score (nSPS) is 10.8. The smallest absolute Gasteiger partial charge is 0.484 e. The summed E-state index contributed by atoms with van der Waals surface area (Å²) in [7, 11) is 0. The van der Waals surface area contributed by atoms with Gasteiger partial charge in [-0.2, -0.15) is 0 Å². The summed E-state index contributed by atoms with van der Waals surface area (Å²) in [4.78, 5) is 21.7. The van der Waals surface area contributed by atoms with Gasteiger partial charge in [-0.1, -0.05) is 6.07 Å². The number of nitro groups is 1. The maximum atomic E-state index is 12.2. The topological polar surface area (TPSA) is 90.7 Å². The summed E-state index contributed by atoms with van der Waals surface area (Å²) >= 11 is 0. The van der Waals surface area contributed by atoms with Gasteiger partial charge in [0.25, 0.3) is 11.6 Å². The fourth-order valence-corrected chi connectivity index (χ4v) is 1.78. The Balaban J connectivity index is 1.89. The van der Waals surface area contributed by atoms with Crippen LogP contribution in [0.1, 0.15) is 0 Å². The average Bonchev–Trinajstić information content (AvgIpc) is 2.52. The number of halogens is 3. The van der Waals surface area contributed by atoms with E-state index in [9.17, 15) is 28.1 Å². The minimum absolute atomic E-state index is 0.0963. The van der Waals surface area contributed by atoms with E-state index in [0.29, 0.717) is 0 Å². The van der Waals surface area contributed by atoms with E-state index in [1.165, 1.54) is 36.4 Å². The molecule has 0 aliphatic heterocycles. The lowest BCUT2D eigenvalue weighted by Crippen LogP contribution is -2.20. The molecule has 0 unspecified atom stereocenters. The van der Waals surface area contributed by atoms with Crippen molar-refractivity contribution in [2.75, 3.05) is 11.9 Å². The van der Waals surface area contributed by atoms with Gasteiger partial charge >= 0.3 is 6.36 Å². The molecule has 2 aromatic carbocycles. The van der Waals surface area contributed by atoms with Gasteiger partial charge in [-0.15, -0.1) is 13.2 Å². The van der Waals surface area contributed by atoms with Gasteiger partial charge in [-0.3, -0.25) is 14.9 Å². The maximum Gasteiger partial charge on any atom is 0.573 e. The number of ether oxygens (including phenoxy) is 2. The van der Waals surface area contributed by atoms with Crippen molar-refractivity contribution >= 4 is 17.3 Å². The molecule has 0 radical (unpaired) electrons. The molecule has 0 saturated carbocycles. The third-order valence-electron chi connectivity index (χ3n) is 2.77. The number of carbonyl (C=O) groups is 1. The number of hydrogen-bond donors (Lipinski definition) is 1. The Morgan fingerprint density at radius 1 is 1.12 bits per heavy atom. The van der Waals surface area contributed by atoms with Gasteiger partial charge in [0.1, 0.15) is 11.5 Å². The molecule has 0 spiro atoms. The van der Waals surface area contributed by atoms with E-state index in [1.54, 1.807) is 0 Å². The lowest BCUT2D eigenvalue weighted by Gasteiger charge is -2.11. The van der Waals surface area contributed by atoms with Crippen LogP contribution in [0.2, 0.25) is 0 Å². The van der Waals surface area contributed by atoms with Crippen molar-refractivity contribution in [3.05, 3.63) is 58.6 Å². The van der Waals surface area contributed by atoms with Gasteiger partial charge in [0.05, 0.1) is 4.92 Å². The number of nitrogens with zero attached hydrogens (tertiary/aromatic N) is 1. The Labute approximate surface area is 139 Å². The number of alkyl halides is 3. The zero-order chi connectivity index (χ0) is 18.4. The number of amides is 1. The Hall–Kier alpha value is -3.30. The molecule has 1 N–H and O–H groups in total. The van der Waals surface area contributed by atoms with Gasteiger partial charge in [0.15, 0.2) is 6.61 Å². The first-order chi connectivity index (χ1) is 11.7. The van der Waals surface area contributed by atoms with E-state index in [2.05, 4.69) is 10.1 Å². The number of carbonyl (C=O) groups excluding carboxylic acids is 1. The Kier molecular flexibility index (Phi) is 5.42. The Morgan fingerprint density at radius 3 is 2.40 bits per heavy atom. The molecule has 0 aliphatic carbocycles. The van der Waals surface area contributed by atoms with Crippen LogP contribution >= 0.6 is 0 Å². The van der Waals surface area contributed by atoms with Crippen molar-refractivity contribution in [1.29, 1.82) is 0 Å². The number of hydrogen-bond acceptors (Lipinski definition) is 5. The fraction of sp³-hybridized carbons (Fsp3) is 0.133. The zero-order valence-corrected chi connectivity index (χ0v) is 12.4. The van der Waals surface area contributed by atoms with Crippen LogP contribution in [-0.4, -0.2) is 23.8 Å². The molecule has 2 aromatic rings. The molecule has 0 atom stereocenters. The van der Waals surface area contributed by atoms with E-state index in [-0.39, 0.29) is 17.1 Å². The Bertz CT molecular complexity index is 763. The summed E-state index contributed by atoms with van der Waals surface area (Å²) in [6.07, 6.45) is -4.83. The highest BCUT2D eigenvalue weighted by molar-refractivity contribution is 5.92. The third-order valence-corrected chi connectivity index (χ3v) is 2.77. The van der Waals surface area contributed by atoms with E-state index >= 15 is 0 Å². The number of non-ortho nitro benzene ring substituents is 1. The minimum Gasteiger partial charge on any atom is -0.484 e. The zero-order valence-electron chi connectivity index (χ0n) is 12.4. The highest BCUT2D eigenvalue weighted by Gasteiger charge is 2.31. The number of nitrogens with one attached hydrogen (secondary N) is 1. The van der Waals surface area contributed by atoms with Crippen molar-refractivity contribution in [2.24, 2.45) is 0 Å². The standard InChI is InChI=1S/C15H11F3N2O5/c16-15(17,18)25-13-3-1-2-10(8-13)19-14(21)9-24-12-6-4-11(5-7-12)20(22)23/h1-8H,9H2,(H,19,21). The van der Waals surface area contributed by atoms with Crippen molar-refractivity contribution in [3.63, 3.8) is 0 Å². The number of nitro benzene ring substituents is 1. The minimum atomic E-state index is -4.83. The molecular formula is C15H11F3N2O5. The summed E-state index contributed by atoms with van der Waals surface area (Å²) in [6.45, 7) is -0.428. The molecule has 1 amide bonds. The van der Waals surface area contributed by atoms with Crippen LogP contribution in [0.3, 0.4) is 0 Å². The van der Waals surface area contributed by atoms with Gasteiger partial charge in [-0.05, 0) is 24.3 Å². The first-order valence-corrected chi connectivity index (χ1v) is 6.76. The van der Waals surface area contributed by atoms with E-state index < -0.39 is 29.5 Å². The SMILES string of the molecule is O=C(COc1ccc([N+](=O)[O-])cc1)Nc1cccc(OC(F)(F)F)c1. The van der Waals surface area contributed by atoms with Gasteiger partial charge in [0.2, 0.25) is 0 Å². The van der Waals surface area contributed by atoms with Crippen LogP contribution < -0.4 is 14.8 Å². The fourth-order valence-electron chi connectivity index (χ4n) is 1.78. The molecule has 10 heteroatoms. The second-order valence-electron chi connectivity index (χ2n) is 4.66. The molecule has 0 aliphatic rings. The second kappa shape index (κ2) is 7.51. The number of anilines is 1. The van der Waals surface area contributed by atoms with Crippen molar-refractivity contribution in [1.82, 2.24) is 0 Å². The molecule has 0 bridgehead atoms. The van der Waals surface area contributed by atoms with E-state index in [4.69, 9.17) is 4.74 Å². The summed E-state index contributed by atoms with van der Waals surface area (Å²) in [5.74, 6) is -0.862. The summed E-state index contributed by atoms with van der Waals surface area (Å²) in [5.41, 5.74) is -0.0302. The van der Waals surface area contributed by atoms with Crippen LogP contribution in [0, 0.1) is 10.1 Å². The summed E-state index contributed by atoms with van der Waals surface area (Å²) < 4.78 is 45.3. The summed E-state index contributed by atoms with van der Waals surface area (Å²) in [5, 5.41) is 12.9. The molecule has 25 heavy (non-hydrogen) atoms. The quantitative estimate of drug-likeness (QED) is 0.632. The predicted molar refractivity (Wildman–Crippen MR) is 80.3 cm³/mol. The first-order valence-electron chi connectivity index (χ1n) is 6.76. The highest BCUT2D eigenvalue weighted by Crippen LogP contribution is 2.25. The van der Waals surface area contributed by atoms with Gasteiger partial charge in [0, 0.05) is 23.9 Å². The largest absolute Gasteiger partial charge is 0.573 e. The molecule has 132 valence electrons. The molecule has 0 heterocycles. The van der Waals surface area contributed by atoms with Crippen molar-refractivity contribution in [3.8, 4) is 11.5 Å². The molecule has 0 aromatic heterocycles. The molecule has 2 rings (SSSR count). The van der Waals surface area contributed by atoms with E-state index in [0.717, 1.165) is 12.1 Å². The van der Waals surface area contributed by atoms with Crippen molar-refractivity contribution in [2.45, 2.75) is 6.36 Å². The molecule has 0 fully saturated rings. The molecule has 7 nitrogen and oxygen atoms in total. The second-order valence-corrected chi connectivity index (χ2v) is 4.66. The molecular weight excluding hydrogens is 345 g/mol. The average molecular weight is 356 g/mol. The predicted octanol–water partition coefficient (Wildman–Crippen LogP) is 3.51. The van der Waals surface area contributed by atoms with E-state index in [1.807, 2.05) is 0 Å². The Morgan fingerprint density at radius 2 is 1.80 bits per heavy atom. The van der Waals surface area contributed by atoms with Crippen LogP contribution in [0.4, 0.5) is 24.5 Å². The van der Waals surface area contributed by atoms with Crippen LogP contribution in [0.15, 0.2) is 48.5 Å². The van der Waals surface area contributed by atoms with Gasteiger partial charge in [-0.25, -0.2) is 0 Å². The van der Waals surface area contributed by atoms with Gasteiger partial charge < -0.3 is 14.8 Å².